The van der Waals surface area contributed by atoms with Gasteiger partial charge in [-0.2, -0.15) is 0 Å². The predicted octanol–water partition coefficient (Wildman–Crippen LogP) is 24.3. The highest BCUT2D eigenvalue weighted by atomic mass is 16.5. The summed E-state index contributed by atoms with van der Waals surface area (Å²) in [5.74, 6) is -0.00795. The van der Waals surface area contributed by atoms with Gasteiger partial charge in [0.25, 0.3) is 0 Å². The molecular weight excluding hydrogens is 995 g/mol. The predicted molar refractivity (Wildman–Crippen MR) is 357 cm³/mol. The monoisotopic (exact) mass is 1140 g/mol. The number of allylic oxidation sites excluding steroid dienone is 2. The van der Waals surface area contributed by atoms with Crippen molar-refractivity contribution in [2.75, 3.05) is 13.2 Å². The fourth-order valence-corrected chi connectivity index (χ4v) is 12.1. The van der Waals surface area contributed by atoms with E-state index >= 15 is 0 Å². The normalized spacial score (nSPS) is 12.5. The van der Waals surface area contributed by atoms with Crippen LogP contribution in [0.2, 0.25) is 0 Å². The Morgan fingerprint density at radius 2 is 0.580 bits per heavy atom. The molecule has 0 aromatic heterocycles. The first-order valence-corrected chi connectivity index (χ1v) is 37.4. The van der Waals surface area contributed by atoms with Crippen molar-refractivity contribution < 1.29 is 24.5 Å². The van der Waals surface area contributed by atoms with Crippen LogP contribution < -0.4 is 5.32 Å². The lowest BCUT2D eigenvalue weighted by Crippen LogP contribution is -2.45. The molecule has 0 saturated carbocycles. The molecule has 0 aliphatic rings. The first-order valence-electron chi connectivity index (χ1n) is 37.4. The molecule has 0 aromatic carbocycles. The Morgan fingerprint density at radius 3 is 0.877 bits per heavy atom. The maximum atomic E-state index is 12.4. The molecule has 0 aliphatic carbocycles. The summed E-state index contributed by atoms with van der Waals surface area (Å²) in [6, 6.07) is -0.534. The highest BCUT2D eigenvalue weighted by Gasteiger charge is 2.20. The van der Waals surface area contributed by atoms with Gasteiger partial charge < -0.3 is 20.3 Å². The zero-order valence-electron chi connectivity index (χ0n) is 55.3. The SMILES string of the molecule is CCCCCCCCC/C=C\CCCCCCCCCC(=O)OCCCCCCCCCCCCCCCCCCCCCCCCCCCCCCCCCCCCCCCC(=O)NC(CO)C(O)CCCCCCCCCCC. The number of aliphatic hydroxyl groups is 2. The number of aliphatic hydroxyl groups excluding tert-OH is 2. The minimum absolute atomic E-state index is 0.0213. The summed E-state index contributed by atoms with van der Waals surface area (Å²) in [5, 5.41) is 23.2. The molecular formula is C75H147NO5. The van der Waals surface area contributed by atoms with Crippen molar-refractivity contribution in [1.82, 2.24) is 5.32 Å². The van der Waals surface area contributed by atoms with Crippen molar-refractivity contribution in [1.29, 1.82) is 0 Å². The highest BCUT2D eigenvalue weighted by molar-refractivity contribution is 5.76. The van der Waals surface area contributed by atoms with E-state index in [0.717, 1.165) is 38.5 Å². The first-order chi connectivity index (χ1) is 40.0. The summed E-state index contributed by atoms with van der Waals surface area (Å²) >= 11 is 0. The summed E-state index contributed by atoms with van der Waals surface area (Å²) in [6.45, 7) is 4.97. The van der Waals surface area contributed by atoms with Gasteiger partial charge in [-0.1, -0.05) is 379 Å². The van der Waals surface area contributed by atoms with E-state index in [4.69, 9.17) is 4.74 Å². The van der Waals surface area contributed by atoms with Crippen LogP contribution in [0.1, 0.15) is 431 Å². The summed E-state index contributed by atoms with van der Waals surface area (Å²) < 4.78 is 5.51. The van der Waals surface area contributed by atoms with Crippen molar-refractivity contribution >= 4 is 11.9 Å². The first kappa shape index (κ1) is 79.6. The number of hydrogen-bond acceptors (Lipinski definition) is 5. The Bertz CT molecular complexity index is 1220. The lowest BCUT2D eigenvalue weighted by atomic mass is 10.0. The van der Waals surface area contributed by atoms with E-state index in [1.807, 2.05) is 0 Å². The fraction of sp³-hybridized carbons (Fsp3) is 0.947. The van der Waals surface area contributed by atoms with Crippen molar-refractivity contribution in [2.45, 2.75) is 443 Å². The van der Waals surface area contributed by atoms with Gasteiger partial charge >= 0.3 is 5.97 Å². The number of carbonyl (C=O) groups excluding carboxylic acids is 2. The molecule has 0 rings (SSSR count). The van der Waals surface area contributed by atoms with Crippen LogP contribution in [0.25, 0.3) is 0 Å². The van der Waals surface area contributed by atoms with Crippen molar-refractivity contribution in [3.05, 3.63) is 12.2 Å². The molecule has 2 unspecified atom stereocenters. The van der Waals surface area contributed by atoms with Gasteiger partial charge in [0, 0.05) is 12.8 Å². The molecule has 482 valence electrons. The Hall–Kier alpha value is -1.40. The molecule has 0 saturated heterocycles. The highest BCUT2D eigenvalue weighted by Crippen LogP contribution is 2.20. The van der Waals surface area contributed by atoms with Crippen LogP contribution in [-0.4, -0.2) is 47.4 Å². The maximum absolute atomic E-state index is 12.4. The van der Waals surface area contributed by atoms with E-state index < -0.39 is 12.1 Å². The minimum Gasteiger partial charge on any atom is -0.466 e. The van der Waals surface area contributed by atoms with E-state index in [-0.39, 0.29) is 18.5 Å². The molecule has 3 N–H and O–H groups in total. The number of ether oxygens (including phenoxy) is 1. The van der Waals surface area contributed by atoms with Crippen molar-refractivity contribution in [3.8, 4) is 0 Å². The topological polar surface area (TPSA) is 95.9 Å². The number of rotatable bonds is 71. The third kappa shape index (κ3) is 67.6. The molecule has 2 atom stereocenters. The third-order valence-corrected chi connectivity index (χ3v) is 17.8. The van der Waals surface area contributed by atoms with Gasteiger partial charge in [-0.05, 0) is 51.4 Å². The molecule has 0 heterocycles. The summed E-state index contributed by atoms with van der Waals surface area (Å²) in [7, 11) is 0. The van der Waals surface area contributed by atoms with Gasteiger partial charge in [0.1, 0.15) is 0 Å². The van der Waals surface area contributed by atoms with Crippen molar-refractivity contribution in [3.63, 3.8) is 0 Å². The lowest BCUT2D eigenvalue weighted by molar-refractivity contribution is -0.143. The molecule has 0 aliphatic heterocycles. The number of nitrogens with one attached hydrogen (secondary N) is 1. The number of amides is 1. The number of esters is 1. The Labute approximate surface area is 508 Å². The molecule has 0 aromatic rings. The van der Waals surface area contributed by atoms with Crippen LogP contribution in [0.3, 0.4) is 0 Å². The molecule has 0 bridgehead atoms. The van der Waals surface area contributed by atoms with E-state index in [2.05, 4.69) is 31.3 Å². The standard InChI is InChI=1S/C75H147NO5/c1-3-5-7-9-11-13-14-15-16-17-40-43-46-49-53-57-61-65-69-75(80)81-70-66-62-58-54-50-47-44-41-38-36-34-32-30-28-26-24-22-20-18-19-21-23-25-27-29-31-33-35-37-39-42-45-48-52-56-60-64-68-74(79)76-72(71-77)73(78)67-63-59-55-51-12-10-8-6-4-2/h16-17,72-73,77-78H,3-15,18-71H2,1-2H3,(H,76,79)/b17-16-. The third-order valence-electron chi connectivity index (χ3n) is 17.8. The van der Waals surface area contributed by atoms with Crippen LogP contribution in [0.15, 0.2) is 12.2 Å². The molecule has 0 spiro atoms. The van der Waals surface area contributed by atoms with E-state index in [0.29, 0.717) is 25.9 Å². The van der Waals surface area contributed by atoms with Gasteiger partial charge in [-0.3, -0.25) is 9.59 Å². The second-order valence-electron chi connectivity index (χ2n) is 26.0. The number of carbonyl (C=O) groups is 2. The van der Waals surface area contributed by atoms with Crippen LogP contribution >= 0.6 is 0 Å². The van der Waals surface area contributed by atoms with Gasteiger partial charge in [0.15, 0.2) is 0 Å². The largest absolute Gasteiger partial charge is 0.466 e. The van der Waals surface area contributed by atoms with Gasteiger partial charge in [-0.15, -0.1) is 0 Å². The number of unbranched alkanes of at least 4 members (excludes halogenated alkanes) is 58. The van der Waals surface area contributed by atoms with Gasteiger partial charge in [-0.25, -0.2) is 0 Å². The molecule has 1 amide bonds. The molecule has 6 nitrogen and oxygen atoms in total. The zero-order chi connectivity index (χ0) is 58.5. The Balaban J connectivity index is 3.25. The molecule has 81 heavy (non-hydrogen) atoms. The van der Waals surface area contributed by atoms with E-state index in [9.17, 15) is 19.8 Å². The van der Waals surface area contributed by atoms with Crippen LogP contribution in [0, 0.1) is 0 Å². The molecule has 0 fully saturated rings. The smallest absolute Gasteiger partial charge is 0.305 e. The molecule has 0 radical (unpaired) electrons. The van der Waals surface area contributed by atoms with Crippen LogP contribution in [-0.2, 0) is 14.3 Å². The Morgan fingerprint density at radius 1 is 0.333 bits per heavy atom. The van der Waals surface area contributed by atoms with E-state index in [1.165, 1.54) is 360 Å². The average molecular weight is 1140 g/mol. The zero-order valence-corrected chi connectivity index (χ0v) is 55.3. The van der Waals surface area contributed by atoms with Gasteiger partial charge in [0.2, 0.25) is 5.91 Å². The average Bonchev–Trinajstić information content (AvgIpc) is 3.47. The van der Waals surface area contributed by atoms with Crippen molar-refractivity contribution in [2.24, 2.45) is 0 Å². The second kappa shape index (κ2) is 71.1. The fourth-order valence-electron chi connectivity index (χ4n) is 12.1. The minimum atomic E-state index is -0.657. The summed E-state index contributed by atoms with van der Waals surface area (Å²) in [4.78, 5) is 24.5. The van der Waals surface area contributed by atoms with Crippen LogP contribution in [0.4, 0.5) is 0 Å². The molecule has 6 heteroatoms. The van der Waals surface area contributed by atoms with E-state index in [1.54, 1.807) is 0 Å². The maximum Gasteiger partial charge on any atom is 0.305 e. The Kier molecular flexibility index (Phi) is 69.9. The quantitative estimate of drug-likeness (QED) is 0.0320. The van der Waals surface area contributed by atoms with Crippen LogP contribution in [0.5, 0.6) is 0 Å². The second-order valence-corrected chi connectivity index (χ2v) is 26.0. The summed E-state index contributed by atoms with van der Waals surface area (Å²) in [5.41, 5.74) is 0. The lowest BCUT2D eigenvalue weighted by Gasteiger charge is -2.22. The summed E-state index contributed by atoms with van der Waals surface area (Å²) in [6.07, 6.45) is 88.9. The number of hydrogen-bond donors (Lipinski definition) is 3. The van der Waals surface area contributed by atoms with Gasteiger partial charge in [0.05, 0.1) is 25.4 Å².